The zero-order valence-electron chi connectivity index (χ0n) is 11.1. The molecule has 1 unspecified atom stereocenters. The van der Waals surface area contributed by atoms with Crippen LogP contribution in [-0.4, -0.2) is 43.1 Å². The van der Waals surface area contributed by atoms with E-state index in [1.165, 1.54) is 35.1 Å². The minimum absolute atomic E-state index is 0.231. The first-order valence-corrected chi connectivity index (χ1v) is 7.74. The van der Waals surface area contributed by atoms with Crippen molar-refractivity contribution in [2.24, 2.45) is 5.73 Å². The lowest BCUT2D eigenvalue weighted by Crippen LogP contribution is -2.28. The summed E-state index contributed by atoms with van der Waals surface area (Å²) < 4.78 is 0. The number of anilines is 1. The summed E-state index contributed by atoms with van der Waals surface area (Å²) >= 11 is 1.83. The molecule has 2 aliphatic rings. The summed E-state index contributed by atoms with van der Waals surface area (Å²) in [5.41, 5.74) is 7.46. The molecule has 1 aliphatic heterocycles. The highest BCUT2D eigenvalue weighted by molar-refractivity contribution is 7.15. The van der Waals surface area contributed by atoms with Crippen LogP contribution in [0.15, 0.2) is 0 Å². The fourth-order valence-electron chi connectivity index (χ4n) is 2.81. The summed E-state index contributed by atoms with van der Waals surface area (Å²) in [6.45, 7) is 4.56. The van der Waals surface area contributed by atoms with Crippen LogP contribution in [0.1, 0.15) is 35.9 Å². The molecule has 2 heterocycles. The first-order valence-electron chi connectivity index (χ1n) is 6.93. The van der Waals surface area contributed by atoms with E-state index in [9.17, 15) is 0 Å². The topological polar surface area (TPSA) is 45.4 Å². The number of likely N-dealkylation sites (N-methyl/N-ethyl adjacent to an activating group) is 1. The van der Waals surface area contributed by atoms with Crippen LogP contribution in [-0.2, 0) is 6.42 Å². The van der Waals surface area contributed by atoms with Gasteiger partial charge in [-0.3, -0.25) is 0 Å². The molecule has 0 amide bonds. The van der Waals surface area contributed by atoms with Gasteiger partial charge in [0, 0.05) is 30.6 Å². The average Bonchev–Trinajstić information content (AvgIpc) is 2.67. The van der Waals surface area contributed by atoms with E-state index < -0.39 is 0 Å². The normalized spacial score (nSPS) is 25.9. The van der Waals surface area contributed by atoms with E-state index in [1.54, 1.807) is 0 Å². The molecule has 18 heavy (non-hydrogen) atoms. The maximum atomic E-state index is 6.19. The molecule has 1 aromatic heterocycles. The number of aryl methyl sites for hydroxylation is 1. The lowest BCUT2D eigenvalue weighted by Gasteiger charge is -2.19. The van der Waals surface area contributed by atoms with Crippen molar-refractivity contribution in [3.05, 3.63) is 10.6 Å². The summed E-state index contributed by atoms with van der Waals surface area (Å²) in [7, 11) is 2.20. The first-order chi connectivity index (χ1) is 8.74. The van der Waals surface area contributed by atoms with Gasteiger partial charge in [0.15, 0.2) is 5.13 Å². The predicted molar refractivity (Wildman–Crippen MR) is 76.3 cm³/mol. The van der Waals surface area contributed by atoms with E-state index in [0.717, 1.165) is 32.5 Å². The Bertz CT molecular complexity index is 417. The van der Waals surface area contributed by atoms with Crippen molar-refractivity contribution in [1.82, 2.24) is 9.88 Å². The van der Waals surface area contributed by atoms with Crippen molar-refractivity contribution in [2.45, 2.75) is 31.7 Å². The largest absolute Gasteiger partial charge is 0.347 e. The van der Waals surface area contributed by atoms with Crippen LogP contribution in [0, 0.1) is 0 Å². The van der Waals surface area contributed by atoms with Gasteiger partial charge in [0.25, 0.3) is 0 Å². The second-order valence-corrected chi connectivity index (χ2v) is 6.46. The number of fused-ring (bicyclic) bond motifs is 1. The van der Waals surface area contributed by atoms with E-state index in [1.807, 2.05) is 11.3 Å². The van der Waals surface area contributed by atoms with Gasteiger partial charge in [0.1, 0.15) is 0 Å². The number of hydrogen-bond donors (Lipinski definition) is 1. The number of nitrogens with zero attached hydrogens (tertiary/aromatic N) is 3. The summed E-state index contributed by atoms with van der Waals surface area (Å²) in [5.74, 6) is 0. The Balaban J connectivity index is 1.79. The molecule has 5 heteroatoms. The highest BCUT2D eigenvalue weighted by atomic mass is 32.1. The number of thiazole rings is 1. The Labute approximate surface area is 113 Å². The predicted octanol–water partition coefficient (Wildman–Crippen LogP) is 1.62. The third kappa shape index (κ3) is 2.39. The quantitative estimate of drug-likeness (QED) is 0.839. The highest BCUT2D eigenvalue weighted by Gasteiger charge is 2.24. The molecule has 2 N–H and O–H groups in total. The maximum absolute atomic E-state index is 6.19. The van der Waals surface area contributed by atoms with E-state index in [-0.39, 0.29) is 6.04 Å². The Morgan fingerprint density at radius 3 is 2.94 bits per heavy atom. The molecular formula is C13H22N4S. The van der Waals surface area contributed by atoms with Gasteiger partial charge in [0.05, 0.1) is 5.69 Å². The molecule has 3 rings (SSSR count). The molecule has 0 spiro atoms. The first kappa shape index (κ1) is 12.4. The van der Waals surface area contributed by atoms with Crippen LogP contribution in [0.25, 0.3) is 0 Å². The molecule has 0 bridgehead atoms. The Kier molecular flexibility index (Phi) is 3.54. The SMILES string of the molecule is CN1CCCN(c2nc3c(s2)C(N)CCC3)CC1. The van der Waals surface area contributed by atoms with E-state index in [0.29, 0.717) is 0 Å². The molecule has 4 nitrogen and oxygen atoms in total. The van der Waals surface area contributed by atoms with Gasteiger partial charge in [0.2, 0.25) is 0 Å². The van der Waals surface area contributed by atoms with Crippen LogP contribution >= 0.6 is 11.3 Å². The molecule has 0 radical (unpaired) electrons. The molecule has 1 aromatic rings. The van der Waals surface area contributed by atoms with Crippen LogP contribution in [0.5, 0.6) is 0 Å². The van der Waals surface area contributed by atoms with Gasteiger partial charge in [-0.25, -0.2) is 4.98 Å². The number of rotatable bonds is 1. The van der Waals surface area contributed by atoms with Gasteiger partial charge in [-0.2, -0.15) is 0 Å². The molecule has 1 atom stereocenters. The third-order valence-electron chi connectivity index (χ3n) is 3.97. The van der Waals surface area contributed by atoms with Gasteiger partial charge in [-0.1, -0.05) is 11.3 Å². The molecule has 1 saturated heterocycles. The zero-order chi connectivity index (χ0) is 12.5. The number of hydrogen-bond acceptors (Lipinski definition) is 5. The van der Waals surface area contributed by atoms with Crippen LogP contribution in [0.3, 0.4) is 0 Å². The summed E-state index contributed by atoms with van der Waals surface area (Å²) in [5, 5.41) is 1.20. The standard InChI is InChI=1S/C13H22N4S/c1-16-6-3-7-17(9-8-16)13-15-11-5-2-4-10(14)12(11)18-13/h10H,2-9,14H2,1H3. The van der Waals surface area contributed by atoms with Gasteiger partial charge in [-0.05, 0) is 39.3 Å². The number of nitrogens with two attached hydrogens (primary N) is 1. The van der Waals surface area contributed by atoms with Crippen molar-refractivity contribution >= 4 is 16.5 Å². The third-order valence-corrected chi connectivity index (χ3v) is 5.26. The smallest absolute Gasteiger partial charge is 0.185 e. The van der Waals surface area contributed by atoms with Gasteiger partial charge in [-0.15, -0.1) is 0 Å². The van der Waals surface area contributed by atoms with Crippen LogP contribution in [0.2, 0.25) is 0 Å². The molecular weight excluding hydrogens is 244 g/mol. The monoisotopic (exact) mass is 266 g/mol. The highest BCUT2D eigenvalue weighted by Crippen LogP contribution is 2.36. The van der Waals surface area contributed by atoms with Crippen molar-refractivity contribution in [3.63, 3.8) is 0 Å². The lowest BCUT2D eigenvalue weighted by atomic mass is 9.99. The van der Waals surface area contributed by atoms with Gasteiger partial charge >= 0.3 is 0 Å². The minimum Gasteiger partial charge on any atom is -0.347 e. The van der Waals surface area contributed by atoms with Crippen molar-refractivity contribution in [2.75, 3.05) is 38.1 Å². The maximum Gasteiger partial charge on any atom is 0.185 e. The summed E-state index contributed by atoms with van der Waals surface area (Å²) in [6, 6.07) is 0.231. The van der Waals surface area contributed by atoms with Crippen molar-refractivity contribution < 1.29 is 0 Å². The van der Waals surface area contributed by atoms with E-state index in [4.69, 9.17) is 10.7 Å². The molecule has 100 valence electrons. The Hall–Kier alpha value is -0.650. The summed E-state index contributed by atoms with van der Waals surface area (Å²) in [4.78, 5) is 11.0. The van der Waals surface area contributed by atoms with Crippen molar-refractivity contribution in [1.29, 1.82) is 0 Å². The minimum atomic E-state index is 0.231. The zero-order valence-corrected chi connectivity index (χ0v) is 11.9. The van der Waals surface area contributed by atoms with E-state index in [2.05, 4.69) is 16.8 Å². The Morgan fingerprint density at radius 1 is 1.22 bits per heavy atom. The average molecular weight is 266 g/mol. The molecule has 0 saturated carbocycles. The molecule has 1 fully saturated rings. The van der Waals surface area contributed by atoms with Crippen LogP contribution in [0.4, 0.5) is 5.13 Å². The summed E-state index contributed by atoms with van der Waals surface area (Å²) in [6.07, 6.45) is 4.66. The van der Waals surface area contributed by atoms with Crippen molar-refractivity contribution in [3.8, 4) is 0 Å². The van der Waals surface area contributed by atoms with Gasteiger partial charge < -0.3 is 15.5 Å². The fraction of sp³-hybridized carbons (Fsp3) is 0.769. The lowest BCUT2D eigenvalue weighted by molar-refractivity contribution is 0.360. The van der Waals surface area contributed by atoms with Crippen LogP contribution < -0.4 is 10.6 Å². The van der Waals surface area contributed by atoms with E-state index >= 15 is 0 Å². The molecule has 1 aliphatic carbocycles. The second kappa shape index (κ2) is 5.15. The molecule has 0 aromatic carbocycles. The number of aromatic nitrogens is 1. The Morgan fingerprint density at radius 2 is 2.11 bits per heavy atom. The second-order valence-electron chi connectivity index (χ2n) is 5.45. The fourth-order valence-corrected chi connectivity index (χ4v) is 4.01.